The summed E-state index contributed by atoms with van der Waals surface area (Å²) in [5.41, 5.74) is 2.52. The topological polar surface area (TPSA) is 93.2 Å². The number of carbonyl (C=O) groups is 2. The first-order valence-electron chi connectivity index (χ1n) is 11.3. The van der Waals surface area contributed by atoms with Crippen LogP contribution in [0.15, 0.2) is 67.1 Å². The Kier molecular flexibility index (Phi) is 6.98. The van der Waals surface area contributed by atoms with Gasteiger partial charge in [-0.2, -0.15) is 0 Å². The number of benzene rings is 1. The number of nitrogens with one attached hydrogen (secondary N) is 2. The molecule has 0 spiro atoms. The number of amides is 1. The van der Waals surface area contributed by atoms with Gasteiger partial charge in [0.25, 0.3) is 5.91 Å². The molecular formula is C26H28N4O3. The van der Waals surface area contributed by atoms with E-state index in [-0.39, 0.29) is 11.9 Å². The van der Waals surface area contributed by atoms with Crippen molar-refractivity contribution >= 4 is 23.4 Å². The van der Waals surface area contributed by atoms with E-state index in [1.54, 1.807) is 30.7 Å². The molecule has 0 radical (unpaired) electrons. The number of ether oxygens (including phenoxy) is 1. The second-order valence-corrected chi connectivity index (χ2v) is 8.15. The van der Waals surface area contributed by atoms with E-state index in [0.29, 0.717) is 30.2 Å². The highest BCUT2D eigenvalue weighted by Crippen LogP contribution is 2.42. The molecule has 3 aromatic rings. The number of pyridine rings is 2. The average molecular weight is 445 g/mol. The average Bonchev–Trinajstić information content (AvgIpc) is 3.35. The molecule has 1 fully saturated rings. The lowest BCUT2D eigenvalue weighted by atomic mass is 9.79. The van der Waals surface area contributed by atoms with Gasteiger partial charge in [-0.15, -0.1) is 0 Å². The lowest BCUT2D eigenvalue weighted by molar-refractivity contribution is -0.150. The van der Waals surface area contributed by atoms with Crippen LogP contribution >= 0.6 is 0 Å². The summed E-state index contributed by atoms with van der Waals surface area (Å²) in [5.74, 6) is 0.101. The Morgan fingerprint density at radius 1 is 1.00 bits per heavy atom. The Morgan fingerprint density at radius 2 is 1.73 bits per heavy atom. The van der Waals surface area contributed by atoms with Gasteiger partial charge in [-0.1, -0.05) is 25.0 Å². The molecule has 1 aromatic carbocycles. The fourth-order valence-corrected chi connectivity index (χ4v) is 4.35. The normalized spacial score (nSPS) is 14.5. The Hall–Kier alpha value is -3.74. The van der Waals surface area contributed by atoms with E-state index in [2.05, 4.69) is 20.6 Å². The van der Waals surface area contributed by atoms with Crippen LogP contribution in [0.3, 0.4) is 0 Å². The first kappa shape index (κ1) is 22.5. The van der Waals surface area contributed by atoms with Crippen LogP contribution in [0.5, 0.6) is 0 Å². The standard InChI is InChI=1S/C26H28N4O3/c1-2-33-25(32)26(13-3-4-14-26)20-7-9-21(10-8-20)30-24(31)22-6-5-15-28-23(22)29-18-19-11-16-27-17-12-19/h5-12,15-17H,2-4,13-14,18H2,1H3,(H,28,29)(H,30,31). The van der Waals surface area contributed by atoms with Gasteiger partial charge in [0.2, 0.25) is 0 Å². The molecule has 2 aromatic heterocycles. The molecule has 2 heterocycles. The summed E-state index contributed by atoms with van der Waals surface area (Å²) in [7, 11) is 0. The van der Waals surface area contributed by atoms with Gasteiger partial charge in [-0.3, -0.25) is 14.6 Å². The van der Waals surface area contributed by atoms with Crippen LogP contribution in [-0.4, -0.2) is 28.5 Å². The first-order chi connectivity index (χ1) is 16.1. The van der Waals surface area contributed by atoms with Gasteiger partial charge in [0.1, 0.15) is 5.82 Å². The van der Waals surface area contributed by atoms with Crippen molar-refractivity contribution < 1.29 is 14.3 Å². The zero-order chi connectivity index (χ0) is 23.1. The minimum absolute atomic E-state index is 0.153. The first-order valence-corrected chi connectivity index (χ1v) is 11.3. The third-order valence-electron chi connectivity index (χ3n) is 6.08. The van der Waals surface area contributed by atoms with Crippen LogP contribution in [0.2, 0.25) is 0 Å². The zero-order valence-electron chi connectivity index (χ0n) is 18.7. The molecule has 33 heavy (non-hydrogen) atoms. The van der Waals surface area contributed by atoms with Crippen molar-refractivity contribution in [2.24, 2.45) is 0 Å². The van der Waals surface area contributed by atoms with E-state index in [1.165, 1.54) is 0 Å². The molecule has 4 rings (SSSR count). The van der Waals surface area contributed by atoms with Crippen LogP contribution in [-0.2, 0) is 21.5 Å². The van der Waals surface area contributed by atoms with E-state index in [0.717, 1.165) is 36.8 Å². The summed E-state index contributed by atoms with van der Waals surface area (Å²) >= 11 is 0. The molecule has 0 aliphatic heterocycles. The van der Waals surface area contributed by atoms with E-state index < -0.39 is 5.41 Å². The number of anilines is 2. The molecular weight excluding hydrogens is 416 g/mol. The van der Waals surface area contributed by atoms with Crippen molar-refractivity contribution in [1.29, 1.82) is 0 Å². The number of esters is 1. The number of rotatable bonds is 8. The number of nitrogens with zero attached hydrogens (tertiary/aromatic N) is 2. The molecule has 0 saturated heterocycles. The SMILES string of the molecule is CCOC(=O)C1(c2ccc(NC(=O)c3cccnc3NCc3ccncc3)cc2)CCCC1. The molecule has 1 aliphatic carbocycles. The lowest BCUT2D eigenvalue weighted by Gasteiger charge is -2.27. The molecule has 2 N–H and O–H groups in total. The fraction of sp³-hybridized carbons (Fsp3) is 0.308. The maximum absolute atomic E-state index is 13.0. The second kappa shape index (κ2) is 10.3. The van der Waals surface area contributed by atoms with Gasteiger partial charge in [-0.25, -0.2) is 4.98 Å². The second-order valence-electron chi connectivity index (χ2n) is 8.15. The summed E-state index contributed by atoms with van der Waals surface area (Å²) in [6.45, 7) is 2.74. The van der Waals surface area contributed by atoms with Crippen LogP contribution in [0.25, 0.3) is 0 Å². The van der Waals surface area contributed by atoms with Gasteiger partial charge >= 0.3 is 5.97 Å². The van der Waals surface area contributed by atoms with Crippen LogP contribution in [0.4, 0.5) is 11.5 Å². The summed E-state index contributed by atoms with van der Waals surface area (Å²) in [6.07, 6.45) is 8.70. The van der Waals surface area contributed by atoms with Gasteiger partial charge in [0.15, 0.2) is 0 Å². The highest BCUT2D eigenvalue weighted by atomic mass is 16.5. The van der Waals surface area contributed by atoms with Gasteiger partial charge in [0, 0.05) is 30.8 Å². The maximum Gasteiger partial charge on any atom is 0.316 e. The van der Waals surface area contributed by atoms with Crippen molar-refractivity contribution in [2.45, 2.75) is 44.6 Å². The number of hydrogen-bond acceptors (Lipinski definition) is 6. The molecule has 1 amide bonds. The van der Waals surface area contributed by atoms with Crippen molar-refractivity contribution in [3.63, 3.8) is 0 Å². The quantitative estimate of drug-likeness (QED) is 0.489. The van der Waals surface area contributed by atoms with E-state index >= 15 is 0 Å². The smallest absolute Gasteiger partial charge is 0.316 e. The van der Waals surface area contributed by atoms with E-state index in [4.69, 9.17) is 4.74 Å². The molecule has 0 bridgehead atoms. The predicted molar refractivity (Wildman–Crippen MR) is 127 cm³/mol. The molecule has 0 atom stereocenters. The Balaban J connectivity index is 1.47. The lowest BCUT2D eigenvalue weighted by Crippen LogP contribution is -2.34. The van der Waals surface area contributed by atoms with Gasteiger partial charge in [-0.05, 0) is 67.3 Å². The molecule has 1 saturated carbocycles. The highest BCUT2D eigenvalue weighted by Gasteiger charge is 2.44. The molecule has 170 valence electrons. The third-order valence-corrected chi connectivity index (χ3v) is 6.08. The highest BCUT2D eigenvalue weighted by molar-refractivity contribution is 6.07. The number of hydrogen-bond donors (Lipinski definition) is 2. The van der Waals surface area contributed by atoms with Crippen LogP contribution < -0.4 is 10.6 Å². The number of carbonyl (C=O) groups excluding carboxylic acids is 2. The molecule has 7 heteroatoms. The minimum atomic E-state index is -0.577. The fourth-order valence-electron chi connectivity index (χ4n) is 4.35. The molecule has 0 unspecified atom stereocenters. The van der Waals surface area contributed by atoms with Gasteiger partial charge in [0.05, 0.1) is 17.6 Å². The molecule has 1 aliphatic rings. The van der Waals surface area contributed by atoms with Gasteiger partial charge < -0.3 is 15.4 Å². The van der Waals surface area contributed by atoms with Crippen molar-refractivity contribution in [3.05, 3.63) is 83.8 Å². The Morgan fingerprint density at radius 3 is 2.42 bits per heavy atom. The monoisotopic (exact) mass is 444 g/mol. The van der Waals surface area contributed by atoms with Crippen molar-refractivity contribution in [1.82, 2.24) is 9.97 Å². The maximum atomic E-state index is 13.0. The Labute approximate surface area is 193 Å². The summed E-state index contributed by atoms with van der Waals surface area (Å²) in [4.78, 5) is 34.0. The largest absolute Gasteiger partial charge is 0.465 e. The summed E-state index contributed by atoms with van der Waals surface area (Å²) < 4.78 is 5.38. The number of aromatic nitrogens is 2. The Bertz CT molecular complexity index is 1090. The van der Waals surface area contributed by atoms with E-state index in [9.17, 15) is 9.59 Å². The van der Waals surface area contributed by atoms with Crippen molar-refractivity contribution in [3.8, 4) is 0 Å². The van der Waals surface area contributed by atoms with Crippen LogP contribution in [0, 0.1) is 0 Å². The van der Waals surface area contributed by atoms with E-state index in [1.807, 2.05) is 43.3 Å². The van der Waals surface area contributed by atoms with Crippen molar-refractivity contribution in [2.75, 3.05) is 17.2 Å². The summed E-state index contributed by atoms with van der Waals surface area (Å²) in [5, 5.41) is 6.16. The predicted octanol–water partition coefficient (Wildman–Crippen LogP) is 4.72. The zero-order valence-corrected chi connectivity index (χ0v) is 18.7. The third kappa shape index (κ3) is 5.03. The molecule has 7 nitrogen and oxygen atoms in total. The van der Waals surface area contributed by atoms with Crippen LogP contribution in [0.1, 0.15) is 54.1 Å². The minimum Gasteiger partial charge on any atom is -0.465 e. The summed E-state index contributed by atoms with van der Waals surface area (Å²) in [6, 6.07) is 14.8.